The van der Waals surface area contributed by atoms with Gasteiger partial charge in [-0.2, -0.15) is 0 Å². The van der Waals surface area contributed by atoms with E-state index in [1.807, 2.05) is 17.5 Å². The maximum atomic E-state index is 6.01. The van der Waals surface area contributed by atoms with Crippen molar-refractivity contribution >= 4 is 34.3 Å². The van der Waals surface area contributed by atoms with Gasteiger partial charge >= 0.3 is 0 Å². The predicted molar refractivity (Wildman–Crippen MR) is 65.3 cm³/mol. The van der Waals surface area contributed by atoms with Gasteiger partial charge in [-0.15, -0.1) is 11.3 Å². The number of hydrogen-bond acceptors (Lipinski definition) is 4. The molecule has 0 spiro atoms. The Morgan fingerprint density at radius 2 is 2.33 bits per heavy atom. The summed E-state index contributed by atoms with van der Waals surface area (Å²) >= 11 is 7.58. The molecule has 0 aliphatic heterocycles. The van der Waals surface area contributed by atoms with Gasteiger partial charge in [0.1, 0.15) is 0 Å². The van der Waals surface area contributed by atoms with Crippen LogP contribution in [0.1, 0.15) is 5.69 Å². The highest BCUT2D eigenvalue weighted by atomic mass is 35.5. The van der Waals surface area contributed by atoms with Crippen molar-refractivity contribution in [2.24, 2.45) is 0 Å². The van der Waals surface area contributed by atoms with Gasteiger partial charge in [-0.25, -0.2) is 4.98 Å². The van der Waals surface area contributed by atoms with Crippen LogP contribution in [0.5, 0.6) is 0 Å². The minimum atomic E-state index is 0.630. The number of nitrogens with two attached hydrogens (primary N) is 1. The lowest BCUT2D eigenvalue weighted by Gasteiger charge is -2.09. The molecule has 0 saturated carbocycles. The van der Waals surface area contributed by atoms with Crippen LogP contribution in [0.3, 0.4) is 0 Å². The number of anilines is 2. The van der Waals surface area contributed by atoms with Crippen LogP contribution in [0.25, 0.3) is 0 Å². The van der Waals surface area contributed by atoms with Crippen LogP contribution in [0, 0.1) is 0 Å². The molecule has 0 bridgehead atoms. The van der Waals surface area contributed by atoms with E-state index in [0.29, 0.717) is 17.3 Å². The number of nitrogens with zero attached hydrogens (tertiary/aromatic N) is 1. The van der Waals surface area contributed by atoms with Gasteiger partial charge in [0.05, 0.1) is 34.1 Å². The maximum Gasteiger partial charge on any atom is 0.0795 e. The Hall–Kier alpha value is -1.26. The summed E-state index contributed by atoms with van der Waals surface area (Å²) in [6.45, 7) is 0.636. The molecule has 0 saturated heterocycles. The lowest BCUT2D eigenvalue weighted by atomic mass is 10.2. The number of benzene rings is 1. The lowest BCUT2D eigenvalue weighted by molar-refractivity contribution is 1.08. The Kier molecular flexibility index (Phi) is 3.08. The summed E-state index contributed by atoms with van der Waals surface area (Å²) in [6.07, 6.45) is 0. The largest absolute Gasteiger partial charge is 0.397 e. The molecule has 0 unspecified atom stereocenters. The second-order valence-electron chi connectivity index (χ2n) is 3.04. The van der Waals surface area contributed by atoms with Crippen molar-refractivity contribution in [1.82, 2.24) is 4.98 Å². The number of nitrogens with one attached hydrogen (secondary N) is 1. The summed E-state index contributed by atoms with van der Waals surface area (Å²) < 4.78 is 0. The zero-order chi connectivity index (χ0) is 10.7. The third kappa shape index (κ3) is 2.40. The number of para-hydroxylation sites is 1. The van der Waals surface area contributed by atoms with Crippen molar-refractivity contribution in [3.63, 3.8) is 0 Å². The van der Waals surface area contributed by atoms with Crippen molar-refractivity contribution in [1.29, 1.82) is 0 Å². The molecule has 1 aromatic carbocycles. The zero-order valence-corrected chi connectivity index (χ0v) is 9.48. The highest BCUT2D eigenvalue weighted by molar-refractivity contribution is 7.07. The third-order valence-electron chi connectivity index (χ3n) is 1.98. The quantitative estimate of drug-likeness (QED) is 0.810. The lowest BCUT2D eigenvalue weighted by Crippen LogP contribution is -2.03. The molecule has 0 fully saturated rings. The summed E-state index contributed by atoms with van der Waals surface area (Å²) in [5, 5.41) is 5.79. The van der Waals surface area contributed by atoms with E-state index in [2.05, 4.69) is 10.3 Å². The maximum absolute atomic E-state index is 6.01. The molecule has 1 aromatic heterocycles. The Morgan fingerprint density at radius 1 is 1.47 bits per heavy atom. The molecule has 5 heteroatoms. The Labute approximate surface area is 96.9 Å². The molecular formula is C10H10ClN3S. The smallest absolute Gasteiger partial charge is 0.0795 e. The van der Waals surface area contributed by atoms with Gasteiger partial charge in [-0.3, -0.25) is 0 Å². The highest BCUT2D eigenvalue weighted by Crippen LogP contribution is 2.28. The van der Waals surface area contributed by atoms with Crippen LogP contribution >= 0.6 is 22.9 Å². The third-order valence-corrected chi connectivity index (χ3v) is 2.93. The molecule has 0 amide bonds. The van der Waals surface area contributed by atoms with Gasteiger partial charge in [0.15, 0.2) is 0 Å². The second kappa shape index (κ2) is 4.51. The van der Waals surface area contributed by atoms with Gasteiger partial charge in [0.25, 0.3) is 0 Å². The van der Waals surface area contributed by atoms with Crippen molar-refractivity contribution in [2.75, 3.05) is 11.1 Å². The molecule has 0 aliphatic rings. The molecule has 0 aliphatic carbocycles. The minimum absolute atomic E-state index is 0.630. The summed E-state index contributed by atoms with van der Waals surface area (Å²) in [5.74, 6) is 0. The topological polar surface area (TPSA) is 50.9 Å². The van der Waals surface area contributed by atoms with Gasteiger partial charge < -0.3 is 11.1 Å². The van der Waals surface area contributed by atoms with E-state index in [1.54, 1.807) is 22.9 Å². The fraction of sp³-hybridized carbons (Fsp3) is 0.100. The zero-order valence-electron chi connectivity index (χ0n) is 7.90. The van der Waals surface area contributed by atoms with Crippen molar-refractivity contribution in [3.8, 4) is 0 Å². The molecular weight excluding hydrogens is 230 g/mol. The first kappa shape index (κ1) is 10.3. The summed E-state index contributed by atoms with van der Waals surface area (Å²) in [5.41, 5.74) is 10.0. The van der Waals surface area contributed by atoms with Crippen LogP contribution in [0.15, 0.2) is 29.1 Å². The summed E-state index contributed by atoms with van der Waals surface area (Å²) in [6, 6.07) is 5.45. The van der Waals surface area contributed by atoms with Crippen LogP contribution in [-0.2, 0) is 6.54 Å². The Balaban J connectivity index is 2.11. The molecule has 0 atom stereocenters. The molecule has 3 nitrogen and oxygen atoms in total. The van der Waals surface area contributed by atoms with E-state index < -0.39 is 0 Å². The summed E-state index contributed by atoms with van der Waals surface area (Å²) in [7, 11) is 0. The van der Waals surface area contributed by atoms with Crippen LogP contribution < -0.4 is 11.1 Å². The molecule has 2 aromatic rings. The number of hydrogen-bond donors (Lipinski definition) is 2. The average molecular weight is 240 g/mol. The van der Waals surface area contributed by atoms with Crippen molar-refractivity contribution in [3.05, 3.63) is 39.8 Å². The normalized spacial score (nSPS) is 10.2. The van der Waals surface area contributed by atoms with E-state index in [-0.39, 0.29) is 0 Å². The number of nitrogen functional groups attached to an aromatic ring is 1. The predicted octanol–water partition coefficient (Wildman–Crippen LogP) is 2.99. The number of rotatable bonds is 3. The van der Waals surface area contributed by atoms with Crippen molar-refractivity contribution < 1.29 is 0 Å². The van der Waals surface area contributed by atoms with Gasteiger partial charge in [-0.1, -0.05) is 17.7 Å². The van der Waals surface area contributed by atoms with Crippen LogP contribution in [0.4, 0.5) is 11.4 Å². The van der Waals surface area contributed by atoms with E-state index in [0.717, 1.165) is 11.4 Å². The number of aromatic nitrogens is 1. The molecule has 3 N–H and O–H groups in total. The molecule has 0 radical (unpaired) electrons. The van der Waals surface area contributed by atoms with E-state index in [4.69, 9.17) is 17.3 Å². The highest BCUT2D eigenvalue weighted by Gasteiger charge is 2.03. The molecule has 78 valence electrons. The fourth-order valence-corrected chi connectivity index (χ4v) is 2.04. The van der Waals surface area contributed by atoms with Crippen LogP contribution in [-0.4, -0.2) is 4.98 Å². The van der Waals surface area contributed by atoms with Crippen molar-refractivity contribution in [2.45, 2.75) is 6.54 Å². The Morgan fingerprint density at radius 3 is 3.00 bits per heavy atom. The standard InChI is InChI=1S/C10H10ClN3S/c11-8-2-1-3-9(12)10(8)13-4-7-5-15-6-14-7/h1-3,5-6,13H,4,12H2. The average Bonchev–Trinajstić information content (AvgIpc) is 2.70. The van der Waals surface area contributed by atoms with Crippen LogP contribution in [0.2, 0.25) is 5.02 Å². The van der Waals surface area contributed by atoms with E-state index in [1.165, 1.54) is 0 Å². The first-order valence-corrected chi connectivity index (χ1v) is 5.74. The minimum Gasteiger partial charge on any atom is -0.397 e. The van der Waals surface area contributed by atoms with E-state index >= 15 is 0 Å². The monoisotopic (exact) mass is 239 g/mol. The Bertz CT molecular complexity index is 422. The molecule has 15 heavy (non-hydrogen) atoms. The number of halogens is 1. The first-order chi connectivity index (χ1) is 7.27. The SMILES string of the molecule is Nc1cccc(Cl)c1NCc1cscn1. The second-order valence-corrected chi connectivity index (χ2v) is 4.16. The van der Waals surface area contributed by atoms with Gasteiger partial charge in [0.2, 0.25) is 0 Å². The fourth-order valence-electron chi connectivity index (χ4n) is 1.23. The van der Waals surface area contributed by atoms with Gasteiger partial charge in [-0.05, 0) is 12.1 Å². The molecule has 2 rings (SSSR count). The summed E-state index contributed by atoms with van der Waals surface area (Å²) in [4.78, 5) is 4.16. The van der Waals surface area contributed by atoms with Gasteiger partial charge in [0, 0.05) is 5.38 Å². The van der Waals surface area contributed by atoms with E-state index in [9.17, 15) is 0 Å². The first-order valence-electron chi connectivity index (χ1n) is 4.42. The number of thiazole rings is 1. The molecule has 1 heterocycles.